The third kappa shape index (κ3) is 4.43. The Balaban J connectivity index is 1.81. The topological polar surface area (TPSA) is 76.3 Å². The summed E-state index contributed by atoms with van der Waals surface area (Å²) in [5.74, 6) is 0.710. The highest BCUT2D eigenvalue weighted by Gasteiger charge is 2.14. The van der Waals surface area contributed by atoms with Crippen molar-refractivity contribution < 1.29 is 4.74 Å². The van der Waals surface area contributed by atoms with Gasteiger partial charge in [0.15, 0.2) is 0 Å². The number of aromatic nitrogens is 2. The number of hydrogen-bond donors (Lipinski definition) is 2. The molecule has 0 radical (unpaired) electrons. The largest absolute Gasteiger partial charge is 0.382 e. The van der Waals surface area contributed by atoms with Crippen LogP contribution in [0, 0.1) is 3.57 Å². The zero-order valence-corrected chi connectivity index (χ0v) is 15.3. The van der Waals surface area contributed by atoms with E-state index in [1.807, 2.05) is 0 Å². The summed E-state index contributed by atoms with van der Waals surface area (Å²) in [5, 5.41) is 3.60. The molecule has 2 aromatic rings. The minimum Gasteiger partial charge on any atom is -0.382 e. The summed E-state index contributed by atoms with van der Waals surface area (Å²) in [6.45, 7) is 4.30. The average molecular weight is 446 g/mol. The highest BCUT2D eigenvalue weighted by molar-refractivity contribution is 14.1. The number of anilines is 3. The third-order valence-electron chi connectivity index (χ3n) is 3.59. The Morgan fingerprint density at radius 3 is 2.87 bits per heavy atom. The fourth-order valence-corrected chi connectivity index (χ4v) is 2.95. The van der Waals surface area contributed by atoms with E-state index in [9.17, 15) is 0 Å². The lowest BCUT2D eigenvalue weighted by atomic mass is 10.1. The van der Waals surface area contributed by atoms with Crippen molar-refractivity contribution in [2.24, 2.45) is 0 Å². The van der Waals surface area contributed by atoms with Crippen molar-refractivity contribution in [3.8, 4) is 0 Å². The molecule has 0 saturated carbocycles. The Hall–Kier alpha value is -1.16. The molecule has 0 atom stereocenters. The maximum Gasteiger partial charge on any atom is 0.229 e. The molecule has 0 unspecified atom stereocenters. The number of nitrogens with one attached hydrogen (secondary N) is 1. The molecule has 1 fully saturated rings. The first kappa shape index (κ1) is 16.7. The molecular weight excluding hydrogens is 429 g/mol. The predicted molar refractivity (Wildman–Crippen MR) is 100.0 cm³/mol. The molecule has 3 rings (SSSR count). The second kappa shape index (κ2) is 7.61. The minimum atomic E-state index is 0.268. The summed E-state index contributed by atoms with van der Waals surface area (Å²) in [7, 11) is 0. The summed E-state index contributed by atoms with van der Waals surface area (Å²) in [5.41, 5.74) is 7.91. The zero-order valence-electron chi connectivity index (χ0n) is 12.4. The molecule has 0 bridgehead atoms. The maximum absolute atomic E-state index is 5.87. The lowest BCUT2D eigenvalue weighted by Gasteiger charge is -2.27. The smallest absolute Gasteiger partial charge is 0.229 e. The van der Waals surface area contributed by atoms with E-state index in [0.29, 0.717) is 11.0 Å². The quantitative estimate of drug-likeness (QED) is 0.705. The zero-order chi connectivity index (χ0) is 16.2. The SMILES string of the molecule is Nc1nc(Nc2cc(I)ccc2CN2CCOCC2)ncc1Cl. The Labute approximate surface area is 153 Å². The highest BCUT2D eigenvalue weighted by atomic mass is 127. The van der Waals surface area contributed by atoms with E-state index < -0.39 is 0 Å². The second-order valence-electron chi connectivity index (χ2n) is 5.24. The van der Waals surface area contributed by atoms with Crippen molar-refractivity contribution in [1.82, 2.24) is 14.9 Å². The molecule has 6 nitrogen and oxygen atoms in total. The van der Waals surface area contributed by atoms with Gasteiger partial charge in [-0.15, -0.1) is 0 Å². The first-order valence-electron chi connectivity index (χ1n) is 7.25. The second-order valence-corrected chi connectivity index (χ2v) is 6.89. The van der Waals surface area contributed by atoms with Gasteiger partial charge in [-0.25, -0.2) is 4.98 Å². The summed E-state index contributed by atoms with van der Waals surface area (Å²) in [6.07, 6.45) is 1.50. The fourth-order valence-electron chi connectivity index (χ4n) is 2.36. The van der Waals surface area contributed by atoms with Crippen LogP contribution < -0.4 is 11.1 Å². The molecule has 0 spiro atoms. The van der Waals surface area contributed by atoms with Crippen molar-refractivity contribution in [2.45, 2.75) is 6.54 Å². The van der Waals surface area contributed by atoms with Crippen LogP contribution in [0.25, 0.3) is 0 Å². The summed E-state index contributed by atoms with van der Waals surface area (Å²) >= 11 is 8.16. The molecule has 1 saturated heterocycles. The molecule has 1 aromatic heterocycles. The molecule has 23 heavy (non-hydrogen) atoms. The van der Waals surface area contributed by atoms with Gasteiger partial charge in [-0.1, -0.05) is 17.7 Å². The third-order valence-corrected chi connectivity index (χ3v) is 4.55. The van der Waals surface area contributed by atoms with Gasteiger partial charge in [-0.05, 0) is 40.3 Å². The van der Waals surface area contributed by atoms with Crippen LogP contribution in [-0.4, -0.2) is 41.2 Å². The average Bonchev–Trinajstić information content (AvgIpc) is 2.55. The molecule has 1 aliphatic heterocycles. The number of nitrogens with two attached hydrogens (primary N) is 1. The van der Waals surface area contributed by atoms with Crippen molar-refractivity contribution >= 4 is 51.6 Å². The van der Waals surface area contributed by atoms with Crippen molar-refractivity contribution in [3.05, 3.63) is 38.6 Å². The van der Waals surface area contributed by atoms with Gasteiger partial charge in [0, 0.05) is 28.9 Å². The predicted octanol–water partition coefficient (Wildman–Crippen LogP) is 2.89. The highest BCUT2D eigenvalue weighted by Crippen LogP contribution is 2.25. The van der Waals surface area contributed by atoms with E-state index in [2.05, 4.69) is 61.0 Å². The van der Waals surface area contributed by atoms with E-state index >= 15 is 0 Å². The fraction of sp³-hybridized carbons (Fsp3) is 0.333. The Morgan fingerprint density at radius 2 is 2.13 bits per heavy atom. The van der Waals surface area contributed by atoms with Crippen LogP contribution in [0.1, 0.15) is 5.56 Å². The first-order valence-corrected chi connectivity index (χ1v) is 8.71. The van der Waals surface area contributed by atoms with Gasteiger partial charge >= 0.3 is 0 Å². The molecule has 2 heterocycles. The van der Waals surface area contributed by atoms with Crippen LogP contribution in [0.3, 0.4) is 0 Å². The molecule has 0 aliphatic carbocycles. The number of morpholine rings is 1. The van der Waals surface area contributed by atoms with E-state index in [1.54, 1.807) is 0 Å². The van der Waals surface area contributed by atoms with Gasteiger partial charge in [0.1, 0.15) is 10.8 Å². The van der Waals surface area contributed by atoms with Crippen LogP contribution in [-0.2, 0) is 11.3 Å². The van der Waals surface area contributed by atoms with Gasteiger partial charge in [-0.2, -0.15) is 4.98 Å². The lowest BCUT2D eigenvalue weighted by Crippen LogP contribution is -2.35. The molecule has 0 amide bonds. The Kier molecular flexibility index (Phi) is 5.52. The number of ether oxygens (including phenoxy) is 1. The van der Waals surface area contributed by atoms with Crippen LogP contribution >= 0.6 is 34.2 Å². The lowest BCUT2D eigenvalue weighted by molar-refractivity contribution is 0.0343. The number of rotatable bonds is 4. The number of benzene rings is 1. The Bertz CT molecular complexity index is 694. The summed E-state index contributed by atoms with van der Waals surface area (Å²) < 4.78 is 6.54. The Morgan fingerprint density at radius 1 is 1.35 bits per heavy atom. The van der Waals surface area contributed by atoms with E-state index in [-0.39, 0.29) is 5.82 Å². The van der Waals surface area contributed by atoms with Crippen LogP contribution in [0.5, 0.6) is 0 Å². The van der Waals surface area contributed by atoms with Gasteiger partial charge in [0.2, 0.25) is 5.95 Å². The van der Waals surface area contributed by atoms with Crippen molar-refractivity contribution in [2.75, 3.05) is 37.4 Å². The maximum atomic E-state index is 5.87. The first-order chi connectivity index (χ1) is 11.1. The summed E-state index contributed by atoms with van der Waals surface area (Å²) in [4.78, 5) is 10.7. The van der Waals surface area contributed by atoms with Gasteiger partial charge in [-0.3, -0.25) is 4.90 Å². The van der Waals surface area contributed by atoms with Crippen molar-refractivity contribution in [1.29, 1.82) is 0 Å². The normalized spacial score (nSPS) is 15.6. The van der Waals surface area contributed by atoms with Gasteiger partial charge in [0.05, 0.1) is 19.4 Å². The van der Waals surface area contributed by atoms with Gasteiger partial charge < -0.3 is 15.8 Å². The number of hydrogen-bond acceptors (Lipinski definition) is 6. The monoisotopic (exact) mass is 445 g/mol. The van der Waals surface area contributed by atoms with Crippen LogP contribution in [0.4, 0.5) is 17.5 Å². The number of halogens is 2. The van der Waals surface area contributed by atoms with Crippen LogP contribution in [0.15, 0.2) is 24.4 Å². The molecule has 8 heteroatoms. The van der Waals surface area contributed by atoms with E-state index in [0.717, 1.165) is 42.1 Å². The molecular formula is C15H17ClIN5O. The standard InChI is InChI=1S/C15H17ClIN5O/c16-12-8-19-15(21-14(12)18)20-13-7-11(17)2-1-10(13)9-22-3-5-23-6-4-22/h1-2,7-8H,3-6,9H2,(H3,18,19,20,21). The summed E-state index contributed by atoms with van der Waals surface area (Å²) in [6, 6.07) is 6.29. The number of nitrogens with zero attached hydrogens (tertiary/aromatic N) is 3. The van der Waals surface area contributed by atoms with Crippen molar-refractivity contribution in [3.63, 3.8) is 0 Å². The molecule has 1 aromatic carbocycles. The number of nitrogen functional groups attached to an aromatic ring is 1. The minimum absolute atomic E-state index is 0.268. The van der Waals surface area contributed by atoms with E-state index in [1.165, 1.54) is 11.8 Å². The molecule has 3 N–H and O–H groups in total. The van der Waals surface area contributed by atoms with Gasteiger partial charge in [0.25, 0.3) is 0 Å². The van der Waals surface area contributed by atoms with Crippen LogP contribution in [0.2, 0.25) is 5.02 Å². The molecule has 1 aliphatic rings. The van der Waals surface area contributed by atoms with E-state index in [4.69, 9.17) is 22.1 Å². The molecule has 122 valence electrons.